The summed E-state index contributed by atoms with van der Waals surface area (Å²) in [6, 6.07) is 0. The smallest absolute Gasteiger partial charge is 0.191 e. The predicted octanol–water partition coefficient (Wildman–Crippen LogP) is 3.30. The maximum Gasteiger partial charge on any atom is 0.191 e. The molecule has 0 bridgehead atoms. The molecule has 1 rings (SSSR count). The van der Waals surface area contributed by atoms with Crippen molar-refractivity contribution in [3.8, 4) is 0 Å². The minimum Gasteiger partial charge on any atom is -0.378 e. The van der Waals surface area contributed by atoms with Gasteiger partial charge in [0.1, 0.15) is 0 Å². The van der Waals surface area contributed by atoms with Crippen molar-refractivity contribution in [1.82, 2.24) is 10.6 Å². The Morgan fingerprint density at radius 2 is 1.84 bits per heavy atom. The van der Waals surface area contributed by atoms with Gasteiger partial charge in [0.2, 0.25) is 0 Å². The van der Waals surface area contributed by atoms with Crippen molar-refractivity contribution in [2.45, 2.75) is 70.7 Å². The van der Waals surface area contributed by atoms with Crippen LogP contribution in [0.15, 0.2) is 4.99 Å². The van der Waals surface area contributed by atoms with Crippen LogP contribution in [0.2, 0.25) is 0 Å². The summed E-state index contributed by atoms with van der Waals surface area (Å²) in [5.41, 5.74) is 0. The van der Waals surface area contributed by atoms with Crippen LogP contribution in [0.3, 0.4) is 0 Å². The van der Waals surface area contributed by atoms with E-state index in [1.807, 2.05) is 20.8 Å². The van der Waals surface area contributed by atoms with E-state index in [9.17, 15) is 4.21 Å². The van der Waals surface area contributed by atoms with Gasteiger partial charge >= 0.3 is 0 Å². The zero-order chi connectivity index (χ0) is 18.0. The van der Waals surface area contributed by atoms with E-state index in [1.165, 1.54) is 25.7 Å². The molecular weight excluding hydrogens is 449 g/mol. The lowest BCUT2D eigenvalue weighted by molar-refractivity contribution is 0.0169. The zero-order valence-electron chi connectivity index (χ0n) is 16.6. The number of hydrogen-bond donors (Lipinski definition) is 2. The van der Waals surface area contributed by atoms with Gasteiger partial charge in [-0.2, -0.15) is 0 Å². The first kappa shape index (κ1) is 25.1. The molecule has 25 heavy (non-hydrogen) atoms. The maximum absolute atomic E-state index is 12.1. The minimum atomic E-state index is -0.839. The van der Waals surface area contributed by atoms with Crippen LogP contribution in [0, 0.1) is 5.92 Å². The molecule has 0 saturated heterocycles. The predicted molar refractivity (Wildman–Crippen MR) is 120 cm³/mol. The Balaban J connectivity index is 0.00000576. The van der Waals surface area contributed by atoms with E-state index in [2.05, 4.69) is 22.5 Å². The first-order valence-corrected chi connectivity index (χ1v) is 10.6. The highest BCUT2D eigenvalue weighted by molar-refractivity contribution is 14.0. The summed E-state index contributed by atoms with van der Waals surface area (Å²) in [6.45, 7) is 10.4. The Hall–Kier alpha value is 0.110. The van der Waals surface area contributed by atoms with Gasteiger partial charge in [-0.3, -0.25) is 9.20 Å². The van der Waals surface area contributed by atoms with Crippen LogP contribution < -0.4 is 10.6 Å². The lowest BCUT2D eigenvalue weighted by Gasteiger charge is -2.24. The Kier molecular flexibility index (Phi) is 13.4. The van der Waals surface area contributed by atoms with E-state index in [0.717, 1.165) is 31.4 Å². The first-order chi connectivity index (χ1) is 11.4. The standard InChI is InChI=1S/C18H37N3O2S.HI/c1-6-23-16(15-9-7-8-10-15)11-12-20-17(19-5)21-13-14-24(22)18(2,3)4;/h15-16H,6-14H2,1-5H3,(H2,19,20,21);1H. The van der Waals surface area contributed by atoms with Crippen molar-refractivity contribution in [3.05, 3.63) is 0 Å². The largest absolute Gasteiger partial charge is 0.378 e. The van der Waals surface area contributed by atoms with Gasteiger partial charge in [-0.15, -0.1) is 24.0 Å². The van der Waals surface area contributed by atoms with E-state index < -0.39 is 10.8 Å². The second-order valence-electron chi connectivity index (χ2n) is 7.41. The Morgan fingerprint density at radius 1 is 1.24 bits per heavy atom. The number of hydrogen-bond acceptors (Lipinski definition) is 3. The molecule has 150 valence electrons. The van der Waals surface area contributed by atoms with Crippen LogP contribution in [0.4, 0.5) is 0 Å². The molecule has 1 aliphatic carbocycles. The molecule has 0 aromatic rings. The van der Waals surface area contributed by atoms with Crippen LogP contribution in [-0.2, 0) is 15.5 Å². The van der Waals surface area contributed by atoms with Gasteiger partial charge in [0, 0.05) is 48.0 Å². The van der Waals surface area contributed by atoms with Gasteiger partial charge in [0.25, 0.3) is 0 Å². The van der Waals surface area contributed by atoms with Gasteiger partial charge in [-0.25, -0.2) is 0 Å². The van der Waals surface area contributed by atoms with E-state index in [-0.39, 0.29) is 28.7 Å². The molecule has 0 heterocycles. The van der Waals surface area contributed by atoms with Crippen LogP contribution >= 0.6 is 24.0 Å². The average molecular weight is 487 g/mol. The molecule has 7 heteroatoms. The SMILES string of the molecule is CCOC(CCNC(=NC)NCCS(=O)C(C)(C)C)C1CCCC1.I. The van der Waals surface area contributed by atoms with Gasteiger partial charge in [-0.05, 0) is 52.9 Å². The molecule has 0 radical (unpaired) electrons. The molecule has 0 aliphatic heterocycles. The van der Waals surface area contributed by atoms with Crippen LogP contribution in [0.5, 0.6) is 0 Å². The molecule has 5 nitrogen and oxygen atoms in total. The van der Waals surface area contributed by atoms with Crippen molar-refractivity contribution in [3.63, 3.8) is 0 Å². The number of guanidine groups is 1. The van der Waals surface area contributed by atoms with Gasteiger partial charge < -0.3 is 15.4 Å². The summed E-state index contributed by atoms with van der Waals surface area (Å²) in [4.78, 5) is 4.24. The number of ether oxygens (including phenoxy) is 1. The van der Waals surface area contributed by atoms with Crippen LogP contribution in [-0.4, -0.2) is 53.5 Å². The fourth-order valence-electron chi connectivity index (χ4n) is 3.12. The molecule has 1 aliphatic rings. The van der Waals surface area contributed by atoms with E-state index in [4.69, 9.17) is 4.74 Å². The molecule has 0 aromatic carbocycles. The van der Waals surface area contributed by atoms with Crippen molar-refractivity contribution in [1.29, 1.82) is 0 Å². The highest BCUT2D eigenvalue weighted by atomic mass is 127. The topological polar surface area (TPSA) is 62.7 Å². The minimum absolute atomic E-state index is 0. The lowest BCUT2D eigenvalue weighted by Crippen LogP contribution is -2.41. The third kappa shape index (κ3) is 10.1. The number of rotatable bonds is 9. The maximum atomic E-state index is 12.1. The van der Waals surface area contributed by atoms with Gasteiger partial charge in [-0.1, -0.05) is 12.8 Å². The quantitative estimate of drug-likeness (QED) is 0.298. The van der Waals surface area contributed by atoms with E-state index in [1.54, 1.807) is 7.05 Å². The summed E-state index contributed by atoms with van der Waals surface area (Å²) in [5, 5.41) is 6.61. The first-order valence-electron chi connectivity index (χ1n) is 9.33. The van der Waals surface area contributed by atoms with E-state index >= 15 is 0 Å². The zero-order valence-corrected chi connectivity index (χ0v) is 19.7. The summed E-state index contributed by atoms with van der Waals surface area (Å²) in [5.74, 6) is 2.13. The van der Waals surface area contributed by atoms with Crippen molar-refractivity contribution in [2.24, 2.45) is 10.9 Å². The molecule has 1 saturated carbocycles. The van der Waals surface area contributed by atoms with Crippen LogP contribution in [0.1, 0.15) is 59.8 Å². The van der Waals surface area contributed by atoms with Gasteiger partial charge in [0.15, 0.2) is 5.96 Å². The Bertz CT molecular complexity index is 408. The molecule has 2 N–H and O–H groups in total. The summed E-state index contributed by atoms with van der Waals surface area (Å²) in [6.07, 6.45) is 6.65. The molecule has 2 unspecified atom stereocenters. The molecule has 2 atom stereocenters. The molecular formula is C18H38IN3O2S. The highest BCUT2D eigenvalue weighted by Gasteiger charge is 2.25. The lowest BCUT2D eigenvalue weighted by atomic mass is 9.98. The molecule has 0 aromatic heterocycles. The highest BCUT2D eigenvalue weighted by Crippen LogP contribution is 2.30. The number of nitrogens with zero attached hydrogens (tertiary/aromatic N) is 1. The van der Waals surface area contributed by atoms with Gasteiger partial charge in [0.05, 0.1) is 6.10 Å². The summed E-state index contributed by atoms with van der Waals surface area (Å²) in [7, 11) is 0.932. The number of halogens is 1. The monoisotopic (exact) mass is 487 g/mol. The summed E-state index contributed by atoms with van der Waals surface area (Å²) >= 11 is 0. The van der Waals surface area contributed by atoms with Crippen LogP contribution in [0.25, 0.3) is 0 Å². The van der Waals surface area contributed by atoms with Crippen molar-refractivity contribution >= 4 is 40.7 Å². The number of aliphatic imine (C=N–C) groups is 1. The second-order valence-corrected chi connectivity index (χ2v) is 9.74. The van der Waals surface area contributed by atoms with Crippen molar-refractivity contribution < 1.29 is 8.95 Å². The fourth-order valence-corrected chi connectivity index (χ4v) is 4.02. The second kappa shape index (κ2) is 13.3. The fraction of sp³-hybridized carbons (Fsp3) is 0.944. The Labute approximate surface area is 174 Å². The molecule has 0 amide bonds. The van der Waals surface area contributed by atoms with E-state index in [0.29, 0.717) is 18.4 Å². The normalized spacial score (nSPS) is 18.5. The molecule has 0 spiro atoms. The van der Waals surface area contributed by atoms with Crippen molar-refractivity contribution in [2.75, 3.05) is 32.5 Å². The Morgan fingerprint density at radius 3 is 2.36 bits per heavy atom. The number of nitrogens with one attached hydrogen (secondary N) is 2. The third-order valence-electron chi connectivity index (χ3n) is 4.51. The summed E-state index contributed by atoms with van der Waals surface area (Å²) < 4.78 is 17.8. The molecule has 1 fully saturated rings. The third-order valence-corrected chi connectivity index (χ3v) is 6.46. The average Bonchev–Trinajstić information content (AvgIpc) is 3.05.